The minimum Gasteiger partial charge on any atom is -0.491 e. The second-order valence-electron chi connectivity index (χ2n) is 8.96. The number of nitrogens with two attached hydrogens (primary N) is 1. The Morgan fingerprint density at radius 2 is 2.15 bits per heavy atom. The maximum Gasteiger partial charge on any atom is 0.407 e. The van der Waals surface area contributed by atoms with Gasteiger partial charge in [0.25, 0.3) is 0 Å². The molecule has 9 nitrogen and oxygen atoms in total. The van der Waals surface area contributed by atoms with Crippen molar-refractivity contribution in [1.29, 1.82) is 0 Å². The molecule has 1 aromatic carbocycles. The Bertz CT molecular complexity index is 1140. The van der Waals surface area contributed by atoms with Crippen molar-refractivity contribution in [3.05, 3.63) is 48.0 Å². The third kappa shape index (κ3) is 5.27. The lowest BCUT2D eigenvalue weighted by atomic mass is 10.0. The summed E-state index contributed by atoms with van der Waals surface area (Å²) in [4.78, 5) is 18.6. The first-order valence-electron chi connectivity index (χ1n) is 11.0. The van der Waals surface area contributed by atoms with E-state index in [1.54, 1.807) is 37.5 Å². The fourth-order valence-electron chi connectivity index (χ4n) is 3.94. The van der Waals surface area contributed by atoms with E-state index in [2.05, 4.69) is 20.3 Å². The van der Waals surface area contributed by atoms with Crippen LogP contribution in [0.2, 0.25) is 0 Å². The van der Waals surface area contributed by atoms with E-state index < -0.39 is 11.7 Å². The maximum atomic E-state index is 14.2. The Balaban J connectivity index is 1.49. The molecule has 1 amide bonds. The predicted octanol–water partition coefficient (Wildman–Crippen LogP) is 3.70. The summed E-state index contributed by atoms with van der Waals surface area (Å²) >= 11 is 0. The highest BCUT2D eigenvalue weighted by Gasteiger charge is 2.30. The Morgan fingerprint density at radius 3 is 2.94 bits per heavy atom. The molecule has 3 N–H and O–H groups in total. The number of ether oxygens (including phenoxy) is 2. The van der Waals surface area contributed by atoms with E-state index in [-0.39, 0.29) is 25.0 Å². The molecular formula is C23H29FN6O3. The van der Waals surface area contributed by atoms with E-state index >= 15 is 0 Å². The third-order valence-corrected chi connectivity index (χ3v) is 5.29. The molecule has 1 aliphatic rings. The molecule has 10 heteroatoms. The summed E-state index contributed by atoms with van der Waals surface area (Å²) in [7, 11) is 0. The quantitative estimate of drug-likeness (QED) is 0.545. The van der Waals surface area contributed by atoms with Crippen molar-refractivity contribution in [1.82, 2.24) is 19.9 Å². The van der Waals surface area contributed by atoms with Crippen molar-refractivity contribution in [2.24, 2.45) is 0 Å². The van der Waals surface area contributed by atoms with Crippen LogP contribution in [0.15, 0.2) is 36.7 Å². The highest BCUT2D eigenvalue weighted by atomic mass is 19.1. The number of amides is 1. The summed E-state index contributed by atoms with van der Waals surface area (Å²) in [6.45, 7) is 6.66. The first-order chi connectivity index (χ1) is 15.7. The van der Waals surface area contributed by atoms with Crippen LogP contribution < -0.4 is 20.7 Å². The number of nitrogen functional groups attached to an aromatic ring is 1. The average Bonchev–Trinajstić information content (AvgIpc) is 3.37. The van der Waals surface area contributed by atoms with Gasteiger partial charge in [0.05, 0.1) is 24.5 Å². The molecule has 2 aromatic heterocycles. The number of alkyl carbamates (subject to hydrolysis) is 1. The van der Waals surface area contributed by atoms with E-state index in [1.807, 2.05) is 12.3 Å². The Kier molecular flexibility index (Phi) is 6.26. The lowest BCUT2D eigenvalue weighted by molar-refractivity contribution is 0.0520. The zero-order chi connectivity index (χ0) is 23.6. The summed E-state index contributed by atoms with van der Waals surface area (Å²) in [5.41, 5.74) is 7.24. The molecule has 3 heterocycles. The molecule has 4 rings (SSSR count). The molecule has 0 bridgehead atoms. The fourth-order valence-corrected chi connectivity index (χ4v) is 3.94. The fraction of sp³-hybridized carbons (Fsp3) is 0.435. The second-order valence-corrected chi connectivity index (χ2v) is 8.96. The van der Waals surface area contributed by atoms with Crippen molar-refractivity contribution >= 4 is 23.2 Å². The van der Waals surface area contributed by atoms with Crippen molar-refractivity contribution in [3.63, 3.8) is 0 Å². The van der Waals surface area contributed by atoms with Crippen LogP contribution in [0.1, 0.15) is 45.2 Å². The number of nitrogens with one attached hydrogen (secondary N) is 1. The van der Waals surface area contributed by atoms with E-state index in [4.69, 9.17) is 15.2 Å². The Hall–Kier alpha value is -3.56. The number of halogens is 1. The summed E-state index contributed by atoms with van der Waals surface area (Å²) < 4.78 is 27.0. The highest BCUT2D eigenvalue weighted by Crippen LogP contribution is 2.39. The van der Waals surface area contributed by atoms with Crippen LogP contribution in [0.5, 0.6) is 5.75 Å². The lowest BCUT2D eigenvalue weighted by Gasteiger charge is -2.27. The maximum absolute atomic E-state index is 14.2. The summed E-state index contributed by atoms with van der Waals surface area (Å²) in [6, 6.07) is 6.28. The van der Waals surface area contributed by atoms with Gasteiger partial charge >= 0.3 is 6.09 Å². The second kappa shape index (κ2) is 9.13. The molecule has 176 valence electrons. The van der Waals surface area contributed by atoms with Crippen LogP contribution >= 0.6 is 0 Å². The third-order valence-electron chi connectivity index (χ3n) is 5.29. The van der Waals surface area contributed by atoms with E-state index in [9.17, 15) is 9.18 Å². The van der Waals surface area contributed by atoms with Crippen LogP contribution in [0.25, 0.3) is 5.65 Å². The first-order valence-corrected chi connectivity index (χ1v) is 11.0. The van der Waals surface area contributed by atoms with Gasteiger partial charge in [0.15, 0.2) is 5.65 Å². The van der Waals surface area contributed by atoms with Gasteiger partial charge in [-0.2, -0.15) is 5.10 Å². The number of hydrogen-bond donors (Lipinski definition) is 2. The minimum atomic E-state index is -0.570. The largest absolute Gasteiger partial charge is 0.491 e. The minimum absolute atomic E-state index is 0.103. The molecule has 0 unspecified atom stereocenters. The van der Waals surface area contributed by atoms with Crippen molar-refractivity contribution in [2.75, 3.05) is 30.3 Å². The smallest absolute Gasteiger partial charge is 0.407 e. The number of hydrogen-bond acceptors (Lipinski definition) is 7. The molecule has 33 heavy (non-hydrogen) atoms. The van der Waals surface area contributed by atoms with Gasteiger partial charge < -0.3 is 25.4 Å². The summed E-state index contributed by atoms with van der Waals surface area (Å²) in [6.07, 6.45) is 4.64. The number of anilines is 2. The molecule has 1 atom stereocenters. The predicted molar refractivity (Wildman–Crippen MR) is 123 cm³/mol. The molecule has 1 fully saturated rings. The molecule has 3 aromatic rings. The normalized spacial score (nSPS) is 16.2. The molecular weight excluding hydrogens is 427 g/mol. The van der Waals surface area contributed by atoms with Gasteiger partial charge in [-0.1, -0.05) is 0 Å². The van der Waals surface area contributed by atoms with E-state index in [0.29, 0.717) is 17.1 Å². The number of carbonyl (C=O) groups excluding carboxylic acids is 1. The Morgan fingerprint density at radius 1 is 1.33 bits per heavy atom. The van der Waals surface area contributed by atoms with Crippen LogP contribution in [-0.4, -0.2) is 46.0 Å². The summed E-state index contributed by atoms with van der Waals surface area (Å²) in [5.74, 6) is 0.989. The van der Waals surface area contributed by atoms with Gasteiger partial charge in [0, 0.05) is 18.3 Å². The average molecular weight is 457 g/mol. The topological polar surface area (TPSA) is 107 Å². The molecule has 1 aliphatic heterocycles. The number of rotatable bonds is 6. The van der Waals surface area contributed by atoms with Gasteiger partial charge in [0.1, 0.15) is 29.6 Å². The number of fused-ring (bicyclic) bond motifs is 1. The zero-order valence-corrected chi connectivity index (χ0v) is 19.0. The number of aromatic nitrogens is 3. The van der Waals surface area contributed by atoms with Crippen molar-refractivity contribution < 1.29 is 18.7 Å². The number of nitrogens with zero attached hydrogens (tertiary/aromatic N) is 4. The van der Waals surface area contributed by atoms with Gasteiger partial charge in [-0.3, -0.25) is 0 Å². The summed E-state index contributed by atoms with van der Waals surface area (Å²) in [5, 5.41) is 6.83. The van der Waals surface area contributed by atoms with Gasteiger partial charge in [-0.05, 0) is 57.9 Å². The highest BCUT2D eigenvalue weighted by molar-refractivity contribution is 5.67. The van der Waals surface area contributed by atoms with Gasteiger partial charge in [0.2, 0.25) is 0 Å². The number of carbonyl (C=O) groups is 1. The molecule has 0 spiro atoms. The molecule has 1 saturated heterocycles. The lowest BCUT2D eigenvalue weighted by Crippen LogP contribution is -2.34. The van der Waals surface area contributed by atoms with Gasteiger partial charge in [-0.25, -0.2) is 18.7 Å². The van der Waals surface area contributed by atoms with Crippen LogP contribution in [0.4, 0.5) is 20.7 Å². The SMILES string of the molecule is CC(C)(C)OC(=O)NCCOc1ccc(F)cc1[C@H]1CCCN1c1ccn2ncc(N)c2n1. The van der Waals surface area contributed by atoms with Crippen molar-refractivity contribution in [2.45, 2.75) is 45.3 Å². The molecule has 0 radical (unpaired) electrons. The number of benzene rings is 1. The van der Waals surface area contributed by atoms with E-state index in [0.717, 1.165) is 30.8 Å². The molecule has 0 saturated carbocycles. The van der Waals surface area contributed by atoms with Gasteiger partial charge in [-0.15, -0.1) is 0 Å². The standard InChI is InChI=1S/C23H29FN6O3/c1-23(2,3)33-22(31)26-9-12-32-19-7-6-15(24)13-16(19)18-5-4-10-29(18)20-8-11-30-21(28-20)17(25)14-27-30/h6-8,11,13-14,18H,4-5,9-10,12,25H2,1-3H3,(H,26,31)/t18-/m1/s1. The first kappa shape index (κ1) is 22.6. The van der Waals surface area contributed by atoms with Crippen LogP contribution in [0.3, 0.4) is 0 Å². The zero-order valence-electron chi connectivity index (χ0n) is 19.0. The monoisotopic (exact) mass is 456 g/mol. The Labute approximate surface area is 191 Å². The van der Waals surface area contributed by atoms with Crippen molar-refractivity contribution in [3.8, 4) is 5.75 Å². The van der Waals surface area contributed by atoms with Crippen LogP contribution in [0, 0.1) is 5.82 Å². The van der Waals surface area contributed by atoms with Crippen LogP contribution in [-0.2, 0) is 4.74 Å². The molecule has 0 aliphatic carbocycles. The van der Waals surface area contributed by atoms with E-state index in [1.165, 1.54) is 12.1 Å².